The SMILES string of the molecule is COc1ccc(C)cc1[C@H](O)CN1CCc2ncnc(N(C)C)c2C1. The first-order chi connectivity index (χ1) is 12.0. The van der Waals surface area contributed by atoms with Gasteiger partial charge in [-0.3, -0.25) is 4.90 Å². The van der Waals surface area contributed by atoms with Crippen LogP contribution in [0.15, 0.2) is 24.5 Å². The number of ether oxygens (including phenoxy) is 1. The number of aromatic nitrogens is 2. The zero-order valence-electron chi connectivity index (χ0n) is 15.4. The molecule has 134 valence electrons. The molecule has 1 aromatic heterocycles. The molecular weight excluding hydrogens is 316 g/mol. The fourth-order valence-electron chi connectivity index (χ4n) is 3.38. The standard InChI is InChI=1S/C19H26N4O2/c1-13-5-6-18(25-4)14(9-13)17(24)11-23-8-7-16-15(10-23)19(22(2)3)21-12-20-16/h5-6,9,12,17,24H,7-8,10-11H2,1-4H3/t17-/m1/s1. The van der Waals surface area contributed by atoms with Crippen LogP contribution in [-0.4, -0.2) is 54.3 Å². The number of methoxy groups -OCH3 is 1. The van der Waals surface area contributed by atoms with Gasteiger partial charge in [-0.25, -0.2) is 9.97 Å². The number of anilines is 1. The summed E-state index contributed by atoms with van der Waals surface area (Å²) in [5.41, 5.74) is 4.22. The highest BCUT2D eigenvalue weighted by molar-refractivity contribution is 5.48. The molecule has 0 saturated carbocycles. The van der Waals surface area contributed by atoms with Gasteiger partial charge in [-0.15, -0.1) is 0 Å². The van der Waals surface area contributed by atoms with Crippen LogP contribution in [0.4, 0.5) is 5.82 Å². The summed E-state index contributed by atoms with van der Waals surface area (Å²) in [6, 6.07) is 5.90. The van der Waals surface area contributed by atoms with E-state index in [1.54, 1.807) is 13.4 Å². The van der Waals surface area contributed by atoms with Crippen molar-refractivity contribution >= 4 is 5.82 Å². The van der Waals surface area contributed by atoms with E-state index in [0.29, 0.717) is 6.54 Å². The van der Waals surface area contributed by atoms with Crippen LogP contribution in [0.5, 0.6) is 5.75 Å². The zero-order valence-corrected chi connectivity index (χ0v) is 15.4. The maximum absolute atomic E-state index is 10.8. The van der Waals surface area contributed by atoms with Crippen LogP contribution in [0.2, 0.25) is 0 Å². The Bertz CT molecular complexity index is 748. The second kappa shape index (κ2) is 7.37. The lowest BCUT2D eigenvalue weighted by atomic mass is 10.0. The molecule has 0 saturated heterocycles. The van der Waals surface area contributed by atoms with Crippen LogP contribution in [0.25, 0.3) is 0 Å². The lowest BCUT2D eigenvalue weighted by Gasteiger charge is -2.32. The van der Waals surface area contributed by atoms with E-state index in [4.69, 9.17) is 4.74 Å². The Kier molecular flexibility index (Phi) is 5.20. The molecule has 6 heteroatoms. The van der Waals surface area contributed by atoms with Gasteiger partial charge in [0.05, 0.1) is 18.9 Å². The predicted molar refractivity (Wildman–Crippen MR) is 98.0 cm³/mol. The molecule has 3 rings (SSSR count). The molecule has 0 amide bonds. The van der Waals surface area contributed by atoms with E-state index < -0.39 is 6.10 Å². The van der Waals surface area contributed by atoms with Gasteiger partial charge in [0.1, 0.15) is 17.9 Å². The molecule has 1 aliphatic heterocycles. The fraction of sp³-hybridized carbons (Fsp3) is 0.474. The van der Waals surface area contributed by atoms with Gasteiger partial charge in [-0.1, -0.05) is 11.6 Å². The highest BCUT2D eigenvalue weighted by Gasteiger charge is 2.24. The van der Waals surface area contributed by atoms with Crippen molar-refractivity contribution in [2.75, 3.05) is 39.2 Å². The minimum absolute atomic E-state index is 0.557. The summed E-state index contributed by atoms with van der Waals surface area (Å²) < 4.78 is 5.41. The quantitative estimate of drug-likeness (QED) is 0.896. The maximum Gasteiger partial charge on any atom is 0.136 e. The number of β-amino-alcohol motifs (C(OH)–C–C–N with tert-alkyl or cyclic N) is 1. The molecule has 0 radical (unpaired) electrons. The summed E-state index contributed by atoms with van der Waals surface area (Å²) in [4.78, 5) is 13.1. The van der Waals surface area contributed by atoms with Gasteiger partial charge in [0.15, 0.2) is 0 Å². The molecule has 1 aliphatic rings. The number of aryl methyl sites for hydroxylation is 1. The minimum Gasteiger partial charge on any atom is -0.496 e. The fourth-order valence-corrected chi connectivity index (χ4v) is 3.38. The number of rotatable bonds is 5. The summed E-state index contributed by atoms with van der Waals surface area (Å²) in [7, 11) is 5.63. The second-order valence-corrected chi connectivity index (χ2v) is 6.76. The van der Waals surface area contributed by atoms with E-state index >= 15 is 0 Å². The Hall–Kier alpha value is -2.18. The van der Waals surface area contributed by atoms with Crippen molar-refractivity contribution < 1.29 is 9.84 Å². The predicted octanol–water partition coefficient (Wildman–Crippen LogP) is 1.95. The Labute approximate surface area is 149 Å². The first-order valence-corrected chi connectivity index (χ1v) is 8.54. The summed E-state index contributed by atoms with van der Waals surface area (Å²) in [5, 5.41) is 10.8. The van der Waals surface area contributed by atoms with Crippen molar-refractivity contribution in [1.82, 2.24) is 14.9 Å². The normalized spacial score (nSPS) is 15.6. The molecule has 1 aromatic carbocycles. The Morgan fingerprint density at radius 1 is 1.32 bits per heavy atom. The second-order valence-electron chi connectivity index (χ2n) is 6.76. The molecule has 6 nitrogen and oxygen atoms in total. The van der Waals surface area contributed by atoms with E-state index in [0.717, 1.165) is 53.5 Å². The summed E-state index contributed by atoms with van der Waals surface area (Å²) in [6.45, 7) is 4.20. The van der Waals surface area contributed by atoms with Crippen LogP contribution >= 0.6 is 0 Å². The van der Waals surface area contributed by atoms with Gasteiger partial charge in [0.2, 0.25) is 0 Å². The maximum atomic E-state index is 10.8. The number of aliphatic hydroxyl groups is 1. The van der Waals surface area contributed by atoms with Crippen molar-refractivity contribution in [2.45, 2.75) is 26.0 Å². The largest absolute Gasteiger partial charge is 0.496 e. The molecule has 1 N–H and O–H groups in total. The molecule has 0 aliphatic carbocycles. The molecule has 0 spiro atoms. The Balaban J connectivity index is 1.78. The Morgan fingerprint density at radius 2 is 2.12 bits per heavy atom. The highest BCUT2D eigenvalue weighted by atomic mass is 16.5. The minimum atomic E-state index is -0.594. The third kappa shape index (κ3) is 3.75. The molecule has 1 atom stereocenters. The Morgan fingerprint density at radius 3 is 2.84 bits per heavy atom. The van der Waals surface area contributed by atoms with Crippen LogP contribution < -0.4 is 9.64 Å². The van der Waals surface area contributed by atoms with Crippen molar-refractivity contribution in [3.63, 3.8) is 0 Å². The van der Waals surface area contributed by atoms with Crippen molar-refractivity contribution in [1.29, 1.82) is 0 Å². The number of hydrogen-bond acceptors (Lipinski definition) is 6. The third-order valence-corrected chi connectivity index (χ3v) is 4.66. The molecule has 2 heterocycles. The van der Waals surface area contributed by atoms with Crippen LogP contribution in [0, 0.1) is 6.92 Å². The third-order valence-electron chi connectivity index (χ3n) is 4.66. The van der Waals surface area contributed by atoms with Gasteiger partial charge in [0, 0.05) is 51.3 Å². The van der Waals surface area contributed by atoms with E-state index in [9.17, 15) is 5.11 Å². The number of hydrogen-bond donors (Lipinski definition) is 1. The summed E-state index contributed by atoms with van der Waals surface area (Å²) in [5.74, 6) is 1.69. The molecular formula is C19H26N4O2. The number of nitrogens with zero attached hydrogens (tertiary/aromatic N) is 4. The highest BCUT2D eigenvalue weighted by Crippen LogP contribution is 2.29. The molecule has 2 aromatic rings. The summed E-state index contributed by atoms with van der Waals surface area (Å²) in [6.07, 6.45) is 1.91. The van der Waals surface area contributed by atoms with Gasteiger partial charge >= 0.3 is 0 Å². The van der Waals surface area contributed by atoms with Crippen LogP contribution in [-0.2, 0) is 13.0 Å². The van der Waals surface area contributed by atoms with Gasteiger partial charge in [-0.2, -0.15) is 0 Å². The molecule has 0 unspecified atom stereocenters. The number of fused-ring (bicyclic) bond motifs is 1. The number of benzene rings is 1. The van der Waals surface area contributed by atoms with Crippen molar-refractivity contribution in [2.24, 2.45) is 0 Å². The van der Waals surface area contributed by atoms with Crippen LogP contribution in [0.3, 0.4) is 0 Å². The van der Waals surface area contributed by atoms with Crippen LogP contribution in [0.1, 0.15) is 28.5 Å². The van der Waals surface area contributed by atoms with E-state index in [1.165, 1.54) is 0 Å². The average Bonchev–Trinajstić information content (AvgIpc) is 2.60. The average molecular weight is 342 g/mol. The van der Waals surface area contributed by atoms with Crippen molar-refractivity contribution in [3.8, 4) is 5.75 Å². The first-order valence-electron chi connectivity index (χ1n) is 8.54. The molecule has 25 heavy (non-hydrogen) atoms. The van der Waals surface area contributed by atoms with E-state index in [1.807, 2.05) is 44.1 Å². The first kappa shape index (κ1) is 17.6. The monoisotopic (exact) mass is 342 g/mol. The zero-order chi connectivity index (χ0) is 18.0. The van der Waals surface area contributed by atoms with Gasteiger partial charge in [-0.05, 0) is 19.1 Å². The lowest BCUT2D eigenvalue weighted by molar-refractivity contribution is 0.103. The van der Waals surface area contributed by atoms with Crippen molar-refractivity contribution in [3.05, 3.63) is 46.9 Å². The smallest absolute Gasteiger partial charge is 0.136 e. The lowest BCUT2D eigenvalue weighted by Crippen LogP contribution is -2.35. The summed E-state index contributed by atoms with van der Waals surface area (Å²) >= 11 is 0. The number of aliphatic hydroxyl groups excluding tert-OH is 1. The molecule has 0 fully saturated rings. The van der Waals surface area contributed by atoms with Gasteiger partial charge < -0.3 is 14.7 Å². The molecule has 0 bridgehead atoms. The van der Waals surface area contributed by atoms with E-state index in [-0.39, 0.29) is 0 Å². The van der Waals surface area contributed by atoms with Gasteiger partial charge in [0.25, 0.3) is 0 Å². The van der Waals surface area contributed by atoms with E-state index in [2.05, 4.69) is 14.9 Å². The topological polar surface area (TPSA) is 61.7 Å².